The average Bonchev–Trinajstić information content (AvgIpc) is 2.68. The number of hydrogen-bond acceptors (Lipinski definition) is 4. The van der Waals surface area contributed by atoms with Crippen LogP contribution < -0.4 is 4.74 Å². The Morgan fingerprint density at radius 2 is 2.33 bits per heavy atom. The average molecular weight is 265 g/mol. The monoisotopic (exact) mass is 265 g/mol. The van der Waals surface area contributed by atoms with E-state index in [-0.39, 0.29) is 5.01 Å². The highest BCUT2D eigenvalue weighted by atomic mass is 32.1. The molecule has 0 spiro atoms. The van der Waals surface area contributed by atoms with Crippen molar-refractivity contribution in [2.24, 2.45) is 0 Å². The number of hydrogen-bond donors (Lipinski definition) is 1. The number of ether oxygens (including phenoxy) is 1. The van der Waals surface area contributed by atoms with Gasteiger partial charge < -0.3 is 9.84 Å². The Labute approximate surface area is 106 Å². The van der Waals surface area contributed by atoms with Crippen LogP contribution in [-0.2, 0) is 6.42 Å². The van der Waals surface area contributed by atoms with Gasteiger partial charge in [-0.1, -0.05) is 0 Å². The Kier molecular flexibility index (Phi) is 2.52. The van der Waals surface area contributed by atoms with Gasteiger partial charge in [-0.05, 0) is 18.2 Å². The molecule has 0 aliphatic carbocycles. The van der Waals surface area contributed by atoms with Crippen molar-refractivity contribution in [3.05, 3.63) is 33.9 Å². The van der Waals surface area contributed by atoms with E-state index in [1.54, 1.807) is 6.07 Å². The molecule has 1 aliphatic rings. The molecule has 0 fully saturated rings. The van der Waals surface area contributed by atoms with Crippen LogP contribution in [0.4, 0.5) is 4.39 Å². The highest BCUT2D eigenvalue weighted by molar-refractivity contribution is 7.14. The molecule has 92 valence electrons. The standard InChI is InChI=1S/C12H8FNO3S/c13-6-1-2-8-7(5-6)10-9(3-4-17-8)18-11(14-10)12(15)16/h1-2,5H,3-4H2,(H,15,16). The topological polar surface area (TPSA) is 59.4 Å². The molecule has 1 aliphatic heterocycles. The van der Waals surface area contributed by atoms with Gasteiger partial charge in [0.2, 0.25) is 5.01 Å². The number of rotatable bonds is 1. The number of aromatic nitrogens is 1. The van der Waals surface area contributed by atoms with Crippen molar-refractivity contribution >= 4 is 17.3 Å². The van der Waals surface area contributed by atoms with Crippen molar-refractivity contribution in [3.8, 4) is 17.0 Å². The third-order valence-corrected chi connectivity index (χ3v) is 3.77. The molecule has 0 unspecified atom stereocenters. The fourth-order valence-corrected chi connectivity index (χ4v) is 2.79. The molecule has 0 amide bonds. The summed E-state index contributed by atoms with van der Waals surface area (Å²) in [6.07, 6.45) is 0.580. The minimum absolute atomic E-state index is 0.0251. The normalized spacial score (nSPS) is 13.2. The van der Waals surface area contributed by atoms with Crippen LogP contribution in [0.5, 0.6) is 5.75 Å². The molecule has 4 nitrogen and oxygen atoms in total. The van der Waals surface area contributed by atoms with Crippen molar-refractivity contribution in [1.29, 1.82) is 0 Å². The maximum absolute atomic E-state index is 13.3. The van der Waals surface area contributed by atoms with Gasteiger partial charge in [0.25, 0.3) is 0 Å². The molecule has 0 saturated heterocycles. The third-order valence-electron chi connectivity index (χ3n) is 2.66. The van der Waals surface area contributed by atoms with Crippen LogP contribution in [-0.4, -0.2) is 22.7 Å². The lowest BCUT2D eigenvalue weighted by atomic mass is 10.1. The van der Waals surface area contributed by atoms with Gasteiger partial charge in [-0.2, -0.15) is 0 Å². The summed E-state index contributed by atoms with van der Waals surface area (Å²) in [5.74, 6) is -0.917. The highest BCUT2D eigenvalue weighted by Crippen LogP contribution is 2.37. The lowest BCUT2D eigenvalue weighted by Gasteiger charge is -2.05. The van der Waals surface area contributed by atoms with E-state index >= 15 is 0 Å². The zero-order valence-corrected chi connectivity index (χ0v) is 9.96. The molecule has 1 aromatic heterocycles. The Morgan fingerprint density at radius 3 is 3.11 bits per heavy atom. The lowest BCUT2D eigenvalue weighted by molar-refractivity contribution is 0.0696. The lowest BCUT2D eigenvalue weighted by Crippen LogP contribution is -1.98. The Hall–Kier alpha value is -1.95. The van der Waals surface area contributed by atoms with Gasteiger partial charge in [0.1, 0.15) is 11.6 Å². The highest BCUT2D eigenvalue weighted by Gasteiger charge is 2.22. The summed E-state index contributed by atoms with van der Waals surface area (Å²) >= 11 is 1.11. The zero-order valence-electron chi connectivity index (χ0n) is 9.14. The molecule has 0 atom stereocenters. The van der Waals surface area contributed by atoms with E-state index in [0.29, 0.717) is 30.0 Å². The number of thiazole rings is 1. The summed E-state index contributed by atoms with van der Waals surface area (Å²) in [6.45, 7) is 0.437. The van der Waals surface area contributed by atoms with Crippen molar-refractivity contribution in [1.82, 2.24) is 4.98 Å². The summed E-state index contributed by atoms with van der Waals surface area (Å²) < 4.78 is 18.8. The maximum atomic E-state index is 13.3. The number of halogens is 1. The number of aromatic carboxylic acids is 1. The summed E-state index contributed by atoms with van der Waals surface area (Å²) in [6, 6.07) is 4.18. The van der Waals surface area contributed by atoms with Crippen molar-refractivity contribution in [3.63, 3.8) is 0 Å². The van der Waals surface area contributed by atoms with E-state index in [2.05, 4.69) is 4.98 Å². The predicted molar refractivity (Wildman–Crippen MR) is 63.7 cm³/mol. The van der Waals surface area contributed by atoms with Crippen LogP contribution in [0.2, 0.25) is 0 Å². The molecule has 0 bridgehead atoms. The molecule has 0 radical (unpaired) electrons. The minimum atomic E-state index is -1.06. The molecule has 6 heteroatoms. The van der Waals surface area contributed by atoms with E-state index in [0.717, 1.165) is 16.2 Å². The maximum Gasteiger partial charge on any atom is 0.365 e. The first kappa shape index (κ1) is 11.2. The Balaban J connectivity index is 2.22. The summed E-state index contributed by atoms with van der Waals surface area (Å²) in [5, 5.41) is 8.97. The molecule has 1 N–H and O–H groups in total. The largest absolute Gasteiger partial charge is 0.493 e. The van der Waals surface area contributed by atoms with Crippen LogP contribution >= 0.6 is 11.3 Å². The second-order valence-corrected chi connectivity index (χ2v) is 4.92. The molecular formula is C12H8FNO3S. The van der Waals surface area contributed by atoms with E-state index in [4.69, 9.17) is 9.84 Å². The number of carboxylic acid groups (broad SMARTS) is 1. The van der Waals surface area contributed by atoms with Crippen molar-refractivity contribution in [2.75, 3.05) is 6.61 Å². The second kappa shape index (κ2) is 4.06. The number of fused-ring (bicyclic) bond motifs is 3. The number of carbonyl (C=O) groups is 1. The number of nitrogens with zero attached hydrogens (tertiary/aromatic N) is 1. The fourth-order valence-electron chi connectivity index (χ4n) is 1.89. The quantitative estimate of drug-likeness (QED) is 0.861. The SMILES string of the molecule is O=C(O)c1nc2c(s1)CCOc1ccc(F)cc1-2. The van der Waals surface area contributed by atoms with Crippen molar-refractivity contribution in [2.45, 2.75) is 6.42 Å². The molecule has 2 aromatic rings. The van der Waals surface area contributed by atoms with Gasteiger partial charge in [-0.25, -0.2) is 14.2 Å². The van der Waals surface area contributed by atoms with E-state index in [1.165, 1.54) is 12.1 Å². The first-order chi connectivity index (χ1) is 8.65. The van der Waals surface area contributed by atoms with Gasteiger partial charge in [0.15, 0.2) is 0 Å². The van der Waals surface area contributed by atoms with Crippen LogP contribution in [0.15, 0.2) is 18.2 Å². The molecule has 18 heavy (non-hydrogen) atoms. The van der Waals surface area contributed by atoms with Crippen LogP contribution in [0, 0.1) is 5.82 Å². The molecule has 0 saturated carbocycles. The van der Waals surface area contributed by atoms with E-state index < -0.39 is 11.8 Å². The van der Waals surface area contributed by atoms with Crippen LogP contribution in [0.3, 0.4) is 0 Å². The molecular weight excluding hydrogens is 257 g/mol. The summed E-state index contributed by atoms with van der Waals surface area (Å²) in [4.78, 5) is 15.8. The first-order valence-electron chi connectivity index (χ1n) is 5.31. The van der Waals surface area contributed by atoms with E-state index in [1.807, 2.05) is 0 Å². The van der Waals surface area contributed by atoms with Crippen molar-refractivity contribution < 1.29 is 19.0 Å². The third kappa shape index (κ3) is 1.74. The predicted octanol–water partition coefficient (Wildman–Crippen LogP) is 2.58. The summed E-state index contributed by atoms with van der Waals surface area (Å²) in [7, 11) is 0. The second-order valence-electron chi connectivity index (χ2n) is 3.83. The molecule has 1 aromatic carbocycles. The van der Waals surface area contributed by atoms with Crippen LogP contribution in [0.25, 0.3) is 11.3 Å². The Bertz CT molecular complexity index is 638. The number of carboxylic acids is 1. The van der Waals surface area contributed by atoms with Gasteiger partial charge in [0.05, 0.1) is 12.3 Å². The number of benzene rings is 1. The zero-order chi connectivity index (χ0) is 12.7. The summed E-state index contributed by atoms with van der Waals surface area (Å²) in [5.41, 5.74) is 1.04. The smallest absolute Gasteiger partial charge is 0.365 e. The van der Waals surface area contributed by atoms with Gasteiger partial charge in [-0.15, -0.1) is 11.3 Å². The molecule has 3 rings (SSSR count). The minimum Gasteiger partial charge on any atom is -0.493 e. The van der Waals surface area contributed by atoms with Crippen LogP contribution in [0.1, 0.15) is 14.7 Å². The van der Waals surface area contributed by atoms with Gasteiger partial charge in [0, 0.05) is 16.9 Å². The van der Waals surface area contributed by atoms with E-state index in [9.17, 15) is 9.18 Å². The first-order valence-corrected chi connectivity index (χ1v) is 6.12. The Morgan fingerprint density at radius 1 is 1.50 bits per heavy atom. The molecule has 2 heterocycles. The van der Waals surface area contributed by atoms with Gasteiger partial charge in [-0.3, -0.25) is 0 Å². The van der Waals surface area contributed by atoms with Gasteiger partial charge >= 0.3 is 5.97 Å². The fraction of sp³-hybridized carbons (Fsp3) is 0.167.